The molecule has 0 unspecified atom stereocenters. The van der Waals surface area contributed by atoms with Crippen molar-refractivity contribution in [3.8, 4) is 11.5 Å². The third-order valence-electron chi connectivity index (χ3n) is 3.94. The lowest BCUT2D eigenvalue weighted by Crippen LogP contribution is -2.16. The van der Waals surface area contributed by atoms with Gasteiger partial charge in [0.15, 0.2) is 0 Å². The van der Waals surface area contributed by atoms with Gasteiger partial charge in [0.1, 0.15) is 11.5 Å². The van der Waals surface area contributed by atoms with Crippen molar-refractivity contribution in [2.75, 3.05) is 13.7 Å². The van der Waals surface area contributed by atoms with Gasteiger partial charge in [-0.25, -0.2) is 0 Å². The predicted octanol–water partition coefficient (Wildman–Crippen LogP) is 4.30. The van der Waals surface area contributed by atoms with Gasteiger partial charge in [-0.1, -0.05) is 38.7 Å². The van der Waals surface area contributed by atoms with E-state index in [1.807, 2.05) is 12.1 Å². The van der Waals surface area contributed by atoms with Crippen molar-refractivity contribution in [2.24, 2.45) is 0 Å². The molecule has 21 heavy (non-hydrogen) atoms. The summed E-state index contributed by atoms with van der Waals surface area (Å²) in [5.74, 6) is 1.84. The molecule has 1 fully saturated rings. The minimum Gasteiger partial charge on any atom is -0.497 e. The number of nitrogens with one attached hydrogen (secondary N) is 1. The monoisotopic (exact) mass is 291 g/mol. The summed E-state index contributed by atoms with van der Waals surface area (Å²) in [4.78, 5) is 0. The lowest BCUT2D eigenvalue weighted by atomic mass is 10.1. The molecule has 0 aliphatic heterocycles. The van der Waals surface area contributed by atoms with Crippen LogP contribution >= 0.6 is 0 Å². The van der Waals surface area contributed by atoms with Crippen LogP contribution in [0.5, 0.6) is 11.5 Å². The zero-order valence-corrected chi connectivity index (χ0v) is 13.5. The van der Waals surface area contributed by atoms with Crippen LogP contribution in [0, 0.1) is 0 Å². The molecule has 0 atom stereocenters. The summed E-state index contributed by atoms with van der Waals surface area (Å²) in [7, 11) is 1.70. The average molecular weight is 291 g/mol. The van der Waals surface area contributed by atoms with Gasteiger partial charge in [0, 0.05) is 24.2 Å². The molecular weight excluding hydrogens is 262 g/mol. The molecule has 3 heteroatoms. The minimum absolute atomic E-state index is 0.717. The van der Waals surface area contributed by atoms with Crippen molar-refractivity contribution in [3.63, 3.8) is 0 Å². The Balaban J connectivity index is 1.81. The smallest absolute Gasteiger partial charge is 0.127 e. The maximum absolute atomic E-state index is 5.99. The van der Waals surface area contributed by atoms with Gasteiger partial charge in [-0.05, 0) is 25.3 Å². The molecule has 2 rings (SSSR count). The van der Waals surface area contributed by atoms with Gasteiger partial charge in [-0.2, -0.15) is 0 Å². The van der Waals surface area contributed by atoms with Crippen LogP contribution in [-0.2, 0) is 6.54 Å². The van der Waals surface area contributed by atoms with Crippen LogP contribution in [0.2, 0.25) is 0 Å². The third kappa shape index (κ3) is 5.96. The number of ether oxygens (including phenoxy) is 2. The van der Waals surface area contributed by atoms with Crippen molar-refractivity contribution in [3.05, 3.63) is 23.8 Å². The number of hydrogen-bond acceptors (Lipinski definition) is 3. The molecule has 1 N–H and O–H groups in total. The lowest BCUT2D eigenvalue weighted by Gasteiger charge is -2.13. The van der Waals surface area contributed by atoms with Crippen molar-refractivity contribution >= 4 is 0 Å². The number of methoxy groups -OCH3 is 1. The van der Waals surface area contributed by atoms with Gasteiger partial charge in [-0.3, -0.25) is 0 Å². The number of unbranched alkanes of at least 4 members (excludes halogenated alkanes) is 4. The van der Waals surface area contributed by atoms with Crippen LogP contribution in [-0.4, -0.2) is 19.8 Å². The van der Waals surface area contributed by atoms with E-state index in [1.165, 1.54) is 44.1 Å². The fraction of sp³-hybridized carbons (Fsp3) is 0.667. The second kappa shape index (κ2) is 8.93. The highest BCUT2D eigenvalue weighted by Gasteiger charge is 2.20. The molecule has 0 bridgehead atoms. The summed E-state index contributed by atoms with van der Waals surface area (Å²) >= 11 is 0. The second-order valence-electron chi connectivity index (χ2n) is 5.89. The fourth-order valence-corrected chi connectivity index (χ4v) is 2.37. The Bertz CT molecular complexity index is 416. The van der Waals surface area contributed by atoms with Gasteiger partial charge in [-0.15, -0.1) is 0 Å². The molecule has 0 radical (unpaired) electrons. The SMILES string of the molecule is CCCCCCCOc1cc(OC)ccc1CNC1CC1. The first-order valence-corrected chi connectivity index (χ1v) is 8.36. The summed E-state index contributed by atoms with van der Waals surface area (Å²) in [5.41, 5.74) is 1.23. The van der Waals surface area contributed by atoms with Crippen molar-refractivity contribution in [1.82, 2.24) is 5.32 Å². The fourth-order valence-electron chi connectivity index (χ4n) is 2.37. The number of benzene rings is 1. The molecule has 0 heterocycles. The first-order chi connectivity index (χ1) is 10.3. The Morgan fingerprint density at radius 1 is 1.14 bits per heavy atom. The Hall–Kier alpha value is -1.22. The lowest BCUT2D eigenvalue weighted by molar-refractivity contribution is 0.298. The van der Waals surface area contributed by atoms with Gasteiger partial charge < -0.3 is 14.8 Å². The Morgan fingerprint density at radius 2 is 1.95 bits per heavy atom. The standard InChI is InChI=1S/C18H29NO2/c1-3-4-5-6-7-12-21-18-13-17(20-2)11-8-15(18)14-19-16-9-10-16/h8,11,13,16,19H,3-7,9-10,12,14H2,1-2H3. The average Bonchev–Trinajstić information content (AvgIpc) is 3.33. The number of hydrogen-bond donors (Lipinski definition) is 1. The summed E-state index contributed by atoms with van der Waals surface area (Å²) in [6, 6.07) is 6.85. The highest BCUT2D eigenvalue weighted by atomic mass is 16.5. The largest absolute Gasteiger partial charge is 0.497 e. The molecule has 118 valence electrons. The van der Waals surface area contributed by atoms with Crippen LogP contribution in [0.15, 0.2) is 18.2 Å². The van der Waals surface area contributed by atoms with E-state index in [1.54, 1.807) is 7.11 Å². The zero-order valence-electron chi connectivity index (χ0n) is 13.5. The molecule has 0 spiro atoms. The van der Waals surface area contributed by atoms with E-state index in [-0.39, 0.29) is 0 Å². The first kappa shape index (κ1) is 16.2. The van der Waals surface area contributed by atoms with Gasteiger partial charge in [0.05, 0.1) is 13.7 Å². The van der Waals surface area contributed by atoms with E-state index in [0.29, 0.717) is 6.04 Å². The van der Waals surface area contributed by atoms with E-state index >= 15 is 0 Å². The summed E-state index contributed by atoms with van der Waals surface area (Å²) < 4.78 is 11.3. The molecule has 0 saturated heterocycles. The van der Waals surface area contributed by atoms with Crippen LogP contribution in [0.4, 0.5) is 0 Å². The molecule has 1 aromatic rings. The molecular formula is C18H29NO2. The summed E-state index contributed by atoms with van der Waals surface area (Å²) in [5, 5.41) is 3.55. The first-order valence-electron chi connectivity index (χ1n) is 8.36. The van der Waals surface area contributed by atoms with E-state index < -0.39 is 0 Å². The van der Waals surface area contributed by atoms with Crippen LogP contribution < -0.4 is 14.8 Å². The molecule has 1 saturated carbocycles. The predicted molar refractivity (Wildman–Crippen MR) is 87.1 cm³/mol. The van der Waals surface area contributed by atoms with Crippen LogP contribution in [0.25, 0.3) is 0 Å². The molecule has 1 aliphatic carbocycles. The molecule has 0 amide bonds. The zero-order chi connectivity index (χ0) is 14.9. The topological polar surface area (TPSA) is 30.5 Å². The Labute approximate surface area is 129 Å². The third-order valence-corrected chi connectivity index (χ3v) is 3.94. The second-order valence-corrected chi connectivity index (χ2v) is 5.89. The minimum atomic E-state index is 0.717. The summed E-state index contributed by atoms with van der Waals surface area (Å²) in [6.45, 7) is 3.93. The maximum Gasteiger partial charge on any atom is 0.127 e. The quantitative estimate of drug-likeness (QED) is 0.617. The molecule has 3 nitrogen and oxygen atoms in total. The van der Waals surface area contributed by atoms with E-state index in [2.05, 4.69) is 18.3 Å². The van der Waals surface area contributed by atoms with Gasteiger partial charge >= 0.3 is 0 Å². The van der Waals surface area contributed by atoms with Crippen molar-refractivity contribution in [1.29, 1.82) is 0 Å². The van der Waals surface area contributed by atoms with E-state index in [9.17, 15) is 0 Å². The van der Waals surface area contributed by atoms with E-state index in [4.69, 9.17) is 9.47 Å². The molecule has 1 aliphatic rings. The molecule has 0 aromatic heterocycles. The van der Waals surface area contributed by atoms with Crippen LogP contribution in [0.1, 0.15) is 57.4 Å². The Morgan fingerprint density at radius 3 is 2.67 bits per heavy atom. The highest BCUT2D eigenvalue weighted by Crippen LogP contribution is 2.27. The maximum atomic E-state index is 5.99. The van der Waals surface area contributed by atoms with Crippen LogP contribution in [0.3, 0.4) is 0 Å². The normalized spacial score (nSPS) is 14.2. The van der Waals surface area contributed by atoms with Gasteiger partial charge in [0.2, 0.25) is 0 Å². The molecule has 1 aromatic carbocycles. The van der Waals surface area contributed by atoms with Crippen molar-refractivity contribution < 1.29 is 9.47 Å². The summed E-state index contributed by atoms with van der Waals surface area (Å²) in [6.07, 6.45) is 8.94. The van der Waals surface area contributed by atoms with Gasteiger partial charge in [0.25, 0.3) is 0 Å². The highest BCUT2D eigenvalue weighted by molar-refractivity contribution is 5.40. The Kier molecular flexibility index (Phi) is 6.87. The number of rotatable bonds is 11. The van der Waals surface area contributed by atoms with E-state index in [0.717, 1.165) is 31.1 Å². The van der Waals surface area contributed by atoms with Crippen molar-refractivity contribution in [2.45, 2.75) is 64.5 Å².